The summed E-state index contributed by atoms with van der Waals surface area (Å²) in [4.78, 5) is 30.5. The van der Waals surface area contributed by atoms with E-state index < -0.39 is 15.9 Å². The van der Waals surface area contributed by atoms with E-state index in [4.69, 9.17) is 11.6 Å². The Labute approximate surface area is 192 Å². The SMILES string of the molecule is CC(=O)N1CCCc2cc(S(=O)(=O)N3CCCC(C(=O)Nc4ccc(Cl)cn4)C3)ccc21. The number of rotatable bonds is 4. The smallest absolute Gasteiger partial charge is 0.243 e. The molecule has 1 atom stereocenters. The van der Waals surface area contributed by atoms with E-state index in [9.17, 15) is 18.0 Å². The normalized spacial score (nSPS) is 19.3. The van der Waals surface area contributed by atoms with Crippen molar-refractivity contribution >= 4 is 44.9 Å². The first-order chi connectivity index (χ1) is 15.3. The predicted octanol–water partition coefficient (Wildman–Crippen LogP) is 3.07. The quantitative estimate of drug-likeness (QED) is 0.731. The van der Waals surface area contributed by atoms with Crippen LogP contribution in [-0.4, -0.2) is 49.2 Å². The number of aromatic nitrogens is 1. The predicted molar refractivity (Wildman–Crippen MR) is 122 cm³/mol. The summed E-state index contributed by atoms with van der Waals surface area (Å²) < 4.78 is 28.1. The molecule has 0 bridgehead atoms. The molecule has 0 saturated carbocycles. The molecule has 0 spiro atoms. The number of hydrogen-bond acceptors (Lipinski definition) is 5. The monoisotopic (exact) mass is 476 g/mol. The van der Waals surface area contributed by atoms with Crippen molar-refractivity contribution in [1.29, 1.82) is 0 Å². The number of aryl methyl sites for hydroxylation is 1. The Morgan fingerprint density at radius 1 is 1.16 bits per heavy atom. The fourth-order valence-electron chi connectivity index (χ4n) is 4.26. The van der Waals surface area contributed by atoms with E-state index in [2.05, 4.69) is 10.3 Å². The van der Waals surface area contributed by atoms with Gasteiger partial charge in [-0.15, -0.1) is 0 Å². The van der Waals surface area contributed by atoms with Gasteiger partial charge in [0.25, 0.3) is 0 Å². The molecule has 1 aromatic carbocycles. The van der Waals surface area contributed by atoms with Crippen LogP contribution in [0.3, 0.4) is 0 Å². The standard InChI is InChI=1S/C22H25ClN4O4S/c1-15(28)27-11-3-4-16-12-19(7-8-20(16)27)32(30,31)26-10-2-5-17(14-26)22(29)25-21-9-6-18(23)13-24-21/h6-9,12-13,17H,2-5,10-11,14H2,1H3,(H,24,25,29). The maximum Gasteiger partial charge on any atom is 0.243 e. The van der Waals surface area contributed by atoms with Gasteiger partial charge in [-0.25, -0.2) is 13.4 Å². The molecule has 1 unspecified atom stereocenters. The number of sulfonamides is 1. The number of fused-ring (bicyclic) bond motifs is 1. The maximum absolute atomic E-state index is 13.3. The molecule has 2 amide bonds. The van der Waals surface area contributed by atoms with Crippen LogP contribution in [0.5, 0.6) is 0 Å². The summed E-state index contributed by atoms with van der Waals surface area (Å²) in [6, 6.07) is 8.17. The molecule has 2 aliphatic heterocycles. The lowest BCUT2D eigenvalue weighted by atomic mass is 9.99. The molecule has 0 aliphatic carbocycles. The number of nitrogens with zero attached hydrogens (tertiary/aromatic N) is 3. The summed E-state index contributed by atoms with van der Waals surface area (Å²) in [5.74, 6) is -0.408. The number of piperidine rings is 1. The average molecular weight is 477 g/mol. The number of halogens is 1. The number of nitrogens with one attached hydrogen (secondary N) is 1. The number of carbonyl (C=O) groups is 2. The molecular formula is C22H25ClN4O4S. The summed E-state index contributed by atoms with van der Waals surface area (Å²) in [7, 11) is -3.76. The Morgan fingerprint density at radius 3 is 2.69 bits per heavy atom. The van der Waals surface area contributed by atoms with Crippen molar-refractivity contribution in [3.05, 3.63) is 47.1 Å². The van der Waals surface area contributed by atoms with Gasteiger partial charge in [0.15, 0.2) is 0 Å². The molecule has 1 N–H and O–H groups in total. The molecule has 4 rings (SSSR count). The molecule has 32 heavy (non-hydrogen) atoms. The van der Waals surface area contributed by atoms with Crippen molar-refractivity contribution < 1.29 is 18.0 Å². The van der Waals surface area contributed by atoms with Crippen LogP contribution in [0, 0.1) is 5.92 Å². The first-order valence-corrected chi connectivity index (χ1v) is 12.4. The number of benzene rings is 1. The summed E-state index contributed by atoms with van der Waals surface area (Å²) in [5, 5.41) is 3.21. The minimum absolute atomic E-state index is 0.0541. The van der Waals surface area contributed by atoms with E-state index in [1.807, 2.05) is 0 Å². The largest absolute Gasteiger partial charge is 0.312 e. The fraction of sp³-hybridized carbons (Fsp3) is 0.409. The van der Waals surface area contributed by atoms with Crippen LogP contribution in [0.2, 0.25) is 5.02 Å². The zero-order valence-electron chi connectivity index (χ0n) is 17.8. The Balaban J connectivity index is 1.50. The van der Waals surface area contributed by atoms with Crippen LogP contribution in [0.15, 0.2) is 41.4 Å². The van der Waals surface area contributed by atoms with Gasteiger partial charge in [0.2, 0.25) is 21.8 Å². The van der Waals surface area contributed by atoms with Crippen molar-refractivity contribution in [3.8, 4) is 0 Å². The maximum atomic E-state index is 13.3. The molecule has 2 aromatic rings. The van der Waals surface area contributed by atoms with Gasteiger partial charge in [0.05, 0.1) is 15.8 Å². The summed E-state index contributed by atoms with van der Waals surface area (Å²) in [5.41, 5.74) is 1.63. The van der Waals surface area contributed by atoms with Gasteiger partial charge in [-0.3, -0.25) is 9.59 Å². The number of carbonyl (C=O) groups excluding carboxylic acids is 2. The highest BCUT2D eigenvalue weighted by atomic mass is 35.5. The lowest BCUT2D eigenvalue weighted by Gasteiger charge is -2.32. The topological polar surface area (TPSA) is 99.7 Å². The van der Waals surface area contributed by atoms with Crippen LogP contribution >= 0.6 is 11.6 Å². The van der Waals surface area contributed by atoms with Gasteiger partial charge in [0.1, 0.15) is 5.82 Å². The first kappa shape index (κ1) is 22.7. The molecule has 1 aromatic heterocycles. The highest BCUT2D eigenvalue weighted by molar-refractivity contribution is 7.89. The minimum Gasteiger partial charge on any atom is -0.312 e. The summed E-state index contributed by atoms with van der Waals surface area (Å²) >= 11 is 5.82. The fourth-order valence-corrected chi connectivity index (χ4v) is 5.95. The van der Waals surface area contributed by atoms with Crippen molar-refractivity contribution in [2.45, 2.75) is 37.5 Å². The third-order valence-electron chi connectivity index (χ3n) is 5.92. The molecular weight excluding hydrogens is 452 g/mol. The Bertz CT molecular complexity index is 1140. The Hall–Kier alpha value is -2.49. The summed E-state index contributed by atoms with van der Waals surface area (Å²) in [6.07, 6.45) is 4.15. The van der Waals surface area contributed by atoms with E-state index in [0.717, 1.165) is 24.1 Å². The third-order valence-corrected chi connectivity index (χ3v) is 8.01. The second-order valence-electron chi connectivity index (χ2n) is 8.12. The number of amides is 2. The van der Waals surface area contributed by atoms with E-state index in [1.165, 1.54) is 17.4 Å². The highest BCUT2D eigenvalue weighted by Crippen LogP contribution is 2.32. The zero-order chi connectivity index (χ0) is 22.9. The van der Waals surface area contributed by atoms with Crippen LogP contribution in [0.1, 0.15) is 31.7 Å². The van der Waals surface area contributed by atoms with E-state index in [0.29, 0.717) is 36.8 Å². The molecule has 170 valence electrons. The van der Waals surface area contributed by atoms with Crippen molar-refractivity contribution in [3.63, 3.8) is 0 Å². The molecule has 10 heteroatoms. The van der Waals surface area contributed by atoms with Gasteiger partial charge >= 0.3 is 0 Å². The highest BCUT2D eigenvalue weighted by Gasteiger charge is 2.34. The molecule has 1 saturated heterocycles. The lowest BCUT2D eigenvalue weighted by Crippen LogP contribution is -2.43. The van der Waals surface area contributed by atoms with E-state index >= 15 is 0 Å². The second kappa shape index (κ2) is 9.17. The van der Waals surface area contributed by atoms with Crippen LogP contribution in [-0.2, 0) is 26.0 Å². The Morgan fingerprint density at radius 2 is 1.97 bits per heavy atom. The third kappa shape index (κ3) is 4.65. The van der Waals surface area contributed by atoms with Crippen LogP contribution in [0.25, 0.3) is 0 Å². The summed E-state index contributed by atoms with van der Waals surface area (Å²) in [6.45, 7) is 2.62. The van der Waals surface area contributed by atoms with Crippen molar-refractivity contribution in [2.75, 3.05) is 29.9 Å². The van der Waals surface area contributed by atoms with Gasteiger partial charge in [-0.1, -0.05) is 11.6 Å². The molecule has 3 heterocycles. The molecule has 8 nitrogen and oxygen atoms in total. The molecule has 1 fully saturated rings. The zero-order valence-corrected chi connectivity index (χ0v) is 19.3. The van der Waals surface area contributed by atoms with Crippen LogP contribution in [0.4, 0.5) is 11.5 Å². The van der Waals surface area contributed by atoms with Gasteiger partial charge in [-0.05, 0) is 61.6 Å². The number of anilines is 2. The molecule has 2 aliphatic rings. The van der Waals surface area contributed by atoms with Gasteiger partial charge in [0, 0.05) is 38.4 Å². The van der Waals surface area contributed by atoms with Crippen LogP contribution < -0.4 is 10.2 Å². The Kier molecular flexibility index (Phi) is 6.50. The van der Waals surface area contributed by atoms with Crippen molar-refractivity contribution in [1.82, 2.24) is 9.29 Å². The second-order valence-corrected chi connectivity index (χ2v) is 10.5. The first-order valence-electron chi connectivity index (χ1n) is 10.6. The minimum atomic E-state index is -3.76. The van der Waals surface area contributed by atoms with Gasteiger partial charge in [-0.2, -0.15) is 4.31 Å². The van der Waals surface area contributed by atoms with Crippen molar-refractivity contribution in [2.24, 2.45) is 5.92 Å². The lowest BCUT2D eigenvalue weighted by molar-refractivity contribution is -0.121. The van der Waals surface area contributed by atoms with E-state index in [1.54, 1.807) is 35.2 Å². The molecule has 0 radical (unpaired) electrons. The van der Waals surface area contributed by atoms with Gasteiger partial charge < -0.3 is 10.2 Å². The number of hydrogen-bond donors (Lipinski definition) is 1. The average Bonchev–Trinajstić information content (AvgIpc) is 2.79. The van der Waals surface area contributed by atoms with E-state index in [-0.39, 0.29) is 23.3 Å². The number of pyridine rings is 1.